The number of carboxylic acids is 1. The van der Waals surface area contributed by atoms with E-state index in [2.05, 4.69) is 5.32 Å². The van der Waals surface area contributed by atoms with E-state index in [1.165, 1.54) is 7.11 Å². The van der Waals surface area contributed by atoms with Crippen LogP contribution in [-0.4, -0.2) is 30.7 Å². The number of carbonyl (C=O) groups is 2. The van der Waals surface area contributed by atoms with Gasteiger partial charge in [-0.15, -0.1) is 0 Å². The maximum absolute atomic E-state index is 11.2. The molecule has 0 aliphatic carbocycles. The number of carbonyl (C=O) groups excluding carboxylic acids is 1. The Bertz CT molecular complexity index is 470. The van der Waals surface area contributed by atoms with Gasteiger partial charge in [-0.2, -0.15) is 0 Å². The van der Waals surface area contributed by atoms with Crippen molar-refractivity contribution in [3.63, 3.8) is 0 Å². The monoisotopic (exact) mass is 235 g/mol. The van der Waals surface area contributed by atoms with Gasteiger partial charge >= 0.3 is 5.97 Å². The molecule has 1 aromatic carbocycles. The number of hydrogen-bond acceptors (Lipinski definition) is 3. The molecule has 1 aliphatic rings. The normalized spacial score (nSPS) is 15.2. The molecule has 1 aliphatic heterocycles. The van der Waals surface area contributed by atoms with Gasteiger partial charge in [0.1, 0.15) is 5.92 Å². The second kappa shape index (κ2) is 4.55. The van der Waals surface area contributed by atoms with Gasteiger partial charge in [0.25, 0.3) is 0 Å². The van der Waals surface area contributed by atoms with Gasteiger partial charge in [-0.25, -0.2) is 0 Å². The molecular formula is C12H13NO4. The molecule has 1 amide bonds. The third-order valence-electron chi connectivity index (χ3n) is 2.79. The smallest absolute Gasteiger partial charge is 0.313 e. The Kier molecular flexibility index (Phi) is 3.10. The highest BCUT2D eigenvalue weighted by atomic mass is 16.5. The van der Waals surface area contributed by atoms with Crippen molar-refractivity contribution in [2.45, 2.75) is 12.3 Å². The lowest BCUT2D eigenvalue weighted by atomic mass is 9.97. The van der Waals surface area contributed by atoms with Crippen LogP contribution in [0, 0.1) is 0 Å². The molecule has 5 heteroatoms. The van der Waals surface area contributed by atoms with Crippen molar-refractivity contribution in [2.24, 2.45) is 0 Å². The van der Waals surface area contributed by atoms with E-state index in [0.29, 0.717) is 12.0 Å². The van der Waals surface area contributed by atoms with Crippen molar-refractivity contribution in [1.82, 2.24) is 0 Å². The van der Waals surface area contributed by atoms with Crippen molar-refractivity contribution in [3.05, 3.63) is 29.3 Å². The van der Waals surface area contributed by atoms with E-state index < -0.39 is 11.9 Å². The van der Waals surface area contributed by atoms with E-state index in [1.807, 2.05) is 0 Å². The van der Waals surface area contributed by atoms with Crippen LogP contribution in [0.1, 0.15) is 17.0 Å². The van der Waals surface area contributed by atoms with E-state index in [4.69, 9.17) is 9.84 Å². The number of carboxylic acid groups (broad SMARTS) is 1. The van der Waals surface area contributed by atoms with Crippen LogP contribution in [0.15, 0.2) is 18.2 Å². The molecular weight excluding hydrogens is 222 g/mol. The largest absolute Gasteiger partial charge is 0.481 e. The van der Waals surface area contributed by atoms with Gasteiger partial charge in [-0.1, -0.05) is 12.1 Å². The summed E-state index contributed by atoms with van der Waals surface area (Å²) in [7, 11) is 1.47. The van der Waals surface area contributed by atoms with Gasteiger partial charge in [0.15, 0.2) is 0 Å². The maximum Gasteiger partial charge on any atom is 0.313 e. The van der Waals surface area contributed by atoms with Gasteiger partial charge < -0.3 is 15.2 Å². The van der Waals surface area contributed by atoms with Crippen LogP contribution in [0.5, 0.6) is 0 Å². The molecule has 1 aromatic rings. The molecule has 17 heavy (non-hydrogen) atoms. The Morgan fingerprint density at radius 3 is 3.00 bits per heavy atom. The molecule has 0 spiro atoms. The van der Waals surface area contributed by atoms with Gasteiger partial charge in [-0.3, -0.25) is 9.59 Å². The number of aliphatic carboxylic acids is 1. The zero-order valence-electron chi connectivity index (χ0n) is 9.40. The van der Waals surface area contributed by atoms with Crippen LogP contribution < -0.4 is 5.32 Å². The number of benzene rings is 1. The highest BCUT2D eigenvalue weighted by Gasteiger charge is 2.23. The Morgan fingerprint density at radius 1 is 1.59 bits per heavy atom. The molecule has 2 N–H and O–H groups in total. The Hall–Kier alpha value is -1.88. The van der Waals surface area contributed by atoms with Crippen molar-refractivity contribution in [3.8, 4) is 0 Å². The number of hydrogen-bond donors (Lipinski definition) is 2. The topological polar surface area (TPSA) is 75.6 Å². The summed E-state index contributed by atoms with van der Waals surface area (Å²) >= 11 is 0. The van der Waals surface area contributed by atoms with Crippen LogP contribution in [0.2, 0.25) is 0 Å². The van der Waals surface area contributed by atoms with Crippen LogP contribution in [0.3, 0.4) is 0 Å². The Balaban J connectivity index is 2.30. The quantitative estimate of drug-likeness (QED) is 0.816. The summed E-state index contributed by atoms with van der Waals surface area (Å²) in [5.41, 5.74) is 2.27. The van der Waals surface area contributed by atoms with Gasteiger partial charge in [0.2, 0.25) is 5.91 Å². The number of methoxy groups -OCH3 is 1. The maximum atomic E-state index is 11.2. The average Bonchev–Trinajstić information content (AvgIpc) is 2.64. The predicted molar refractivity (Wildman–Crippen MR) is 61.0 cm³/mol. The minimum absolute atomic E-state index is 0.0595. The molecule has 2 rings (SSSR count). The summed E-state index contributed by atoms with van der Waals surface area (Å²) < 4.78 is 4.90. The van der Waals surface area contributed by atoms with Crippen molar-refractivity contribution in [2.75, 3.05) is 19.0 Å². The minimum atomic E-state index is -0.927. The molecule has 5 nitrogen and oxygen atoms in total. The highest BCUT2D eigenvalue weighted by molar-refractivity contribution is 5.99. The number of amides is 1. The first-order chi connectivity index (χ1) is 8.11. The standard InChI is InChI=1S/C12H13NO4/c1-17-6-9(12(15)16)7-2-3-10-8(4-7)5-11(14)13-10/h2-4,9H,5-6H2,1H3,(H,13,14)(H,15,16). The number of nitrogens with one attached hydrogen (secondary N) is 1. The first kappa shape index (κ1) is 11.6. The zero-order chi connectivity index (χ0) is 12.4. The SMILES string of the molecule is COCC(C(=O)O)c1ccc2c(c1)CC(=O)N2. The summed E-state index contributed by atoms with van der Waals surface area (Å²) in [6.45, 7) is 0.121. The van der Waals surface area contributed by atoms with E-state index in [0.717, 1.165) is 11.3 Å². The lowest BCUT2D eigenvalue weighted by molar-refractivity contribution is -0.140. The fourth-order valence-electron chi connectivity index (χ4n) is 1.94. The first-order valence-electron chi connectivity index (χ1n) is 5.26. The number of anilines is 1. The molecule has 1 unspecified atom stereocenters. The molecule has 0 saturated heterocycles. The van der Waals surface area contributed by atoms with Gasteiger partial charge in [0, 0.05) is 12.8 Å². The van der Waals surface area contributed by atoms with E-state index in [9.17, 15) is 9.59 Å². The van der Waals surface area contributed by atoms with Crippen LogP contribution in [0.4, 0.5) is 5.69 Å². The summed E-state index contributed by atoms with van der Waals surface area (Å²) in [6, 6.07) is 5.20. The molecule has 0 saturated carbocycles. The van der Waals surface area contributed by atoms with Crippen molar-refractivity contribution >= 4 is 17.6 Å². The fourth-order valence-corrected chi connectivity index (χ4v) is 1.94. The zero-order valence-corrected chi connectivity index (χ0v) is 9.40. The highest BCUT2D eigenvalue weighted by Crippen LogP contribution is 2.27. The summed E-state index contributed by atoms with van der Waals surface area (Å²) in [4.78, 5) is 22.3. The molecule has 0 aromatic heterocycles. The molecule has 0 fully saturated rings. The summed E-state index contributed by atoms with van der Waals surface area (Å²) in [6.07, 6.45) is 0.308. The molecule has 0 bridgehead atoms. The molecule has 1 atom stereocenters. The van der Waals surface area contributed by atoms with E-state index >= 15 is 0 Å². The lowest BCUT2D eigenvalue weighted by Crippen LogP contribution is -2.17. The number of rotatable bonds is 4. The van der Waals surface area contributed by atoms with Gasteiger partial charge in [-0.05, 0) is 17.2 Å². The third-order valence-corrected chi connectivity index (χ3v) is 2.79. The van der Waals surface area contributed by atoms with E-state index in [1.54, 1.807) is 18.2 Å². The molecule has 90 valence electrons. The Labute approximate surface area is 98.4 Å². The molecule has 1 heterocycles. The van der Waals surface area contributed by atoms with Crippen LogP contribution in [-0.2, 0) is 20.7 Å². The average molecular weight is 235 g/mol. The third kappa shape index (κ3) is 2.29. The van der Waals surface area contributed by atoms with Crippen molar-refractivity contribution < 1.29 is 19.4 Å². The van der Waals surface area contributed by atoms with Gasteiger partial charge in [0.05, 0.1) is 13.0 Å². The summed E-state index contributed by atoms with van der Waals surface area (Å²) in [5.74, 6) is -1.68. The van der Waals surface area contributed by atoms with Crippen molar-refractivity contribution in [1.29, 1.82) is 0 Å². The second-order valence-electron chi connectivity index (χ2n) is 3.99. The Morgan fingerprint density at radius 2 is 2.35 bits per heavy atom. The second-order valence-corrected chi connectivity index (χ2v) is 3.99. The minimum Gasteiger partial charge on any atom is -0.481 e. The van der Waals surface area contributed by atoms with E-state index in [-0.39, 0.29) is 12.5 Å². The van der Waals surface area contributed by atoms with Crippen LogP contribution in [0.25, 0.3) is 0 Å². The first-order valence-corrected chi connectivity index (χ1v) is 5.26. The molecule has 0 radical (unpaired) electrons. The number of fused-ring (bicyclic) bond motifs is 1. The van der Waals surface area contributed by atoms with Crippen LogP contribution >= 0.6 is 0 Å². The summed E-state index contributed by atoms with van der Waals surface area (Å²) in [5, 5.41) is 11.8. The predicted octanol–water partition coefficient (Wildman–Crippen LogP) is 0.996. The fraction of sp³-hybridized carbons (Fsp3) is 0.333. The lowest BCUT2D eigenvalue weighted by Gasteiger charge is -2.12. The number of ether oxygens (including phenoxy) is 1.